The van der Waals surface area contributed by atoms with E-state index in [0.717, 1.165) is 34.2 Å². The highest BCUT2D eigenvalue weighted by Crippen LogP contribution is 2.29. The molecule has 1 fully saturated rings. The molecule has 2 aromatic heterocycles. The third-order valence-corrected chi connectivity index (χ3v) is 6.49. The Morgan fingerprint density at radius 1 is 1.15 bits per heavy atom. The average molecular weight is 387 g/mol. The number of hydrogen-bond acceptors (Lipinski definition) is 5. The van der Waals surface area contributed by atoms with E-state index in [1.165, 1.54) is 37.4 Å². The van der Waals surface area contributed by atoms with Gasteiger partial charge >= 0.3 is 0 Å². The van der Waals surface area contributed by atoms with Gasteiger partial charge in [-0.15, -0.1) is 21.5 Å². The molecule has 136 valence electrons. The van der Waals surface area contributed by atoms with Crippen molar-refractivity contribution in [1.29, 1.82) is 0 Å². The molecule has 2 heterocycles. The highest BCUT2D eigenvalue weighted by Gasteiger charge is 2.17. The molecule has 3 aromatic rings. The molecular weight excluding hydrogens is 364 g/mol. The Morgan fingerprint density at radius 3 is 2.69 bits per heavy atom. The second-order valence-corrected chi connectivity index (χ2v) is 8.41. The molecule has 0 atom stereocenters. The topological polar surface area (TPSA) is 59.3 Å². The van der Waals surface area contributed by atoms with Gasteiger partial charge in [-0.2, -0.15) is 0 Å². The van der Waals surface area contributed by atoms with Gasteiger partial charge in [0, 0.05) is 11.4 Å². The van der Waals surface area contributed by atoms with Crippen molar-refractivity contribution < 1.29 is 4.79 Å². The molecule has 0 spiro atoms. The van der Waals surface area contributed by atoms with Crippen molar-refractivity contribution in [2.45, 2.75) is 49.7 Å². The van der Waals surface area contributed by atoms with E-state index in [-0.39, 0.29) is 5.91 Å². The minimum Gasteiger partial charge on any atom is -0.353 e. The first-order valence-corrected chi connectivity index (χ1v) is 11.0. The molecule has 1 aliphatic rings. The molecule has 1 aromatic carbocycles. The van der Waals surface area contributed by atoms with Crippen LogP contribution in [0.3, 0.4) is 0 Å². The van der Waals surface area contributed by atoms with Gasteiger partial charge in [0.2, 0.25) is 10.9 Å². The van der Waals surface area contributed by atoms with Crippen LogP contribution >= 0.6 is 23.1 Å². The fourth-order valence-electron chi connectivity index (χ4n) is 3.42. The van der Waals surface area contributed by atoms with E-state index in [4.69, 9.17) is 0 Å². The summed E-state index contributed by atoms with van der Waals surface area (Å²) in [6, 6.07) is 10.5. The Kier molecular flexibility index (Phi) is 5.55. The van der Waals surface area contributed by atoms with Crippen LogP contribution in [0.15, 0.2) is 40.9 Å². The second kappa shape index (κ2) is 8.22. The van der Waals surface area contributed by atoms with Crippen LogP contribution in [0, 0.1) is 0 Å². The lowest BCUT2D eigenvalue weighted by Crippen LogP contribution is -2.35. The number of benzene rings is 1. The van der Waals surface area contributed by atoms with Crippen molar-refractivity contribution >= 4 is 34.0 Å². The minimum absolute atomic E-state index is 0.0927. The van der Waals surface area contributed by atoms with Crippen molar-refractivity contribution in [3.05, 3.63) is 35.7 Å². The molecule has 0 unspecified atom stereocenters. The summed E-state index contributed by atoms with van der Waals surface area (Å²) in [7, 11) is 0. The molecule has 5 nitrogen and oxygen atoms in total. The minimum atomic E-state index is 0.0927. The normalized spacial score (nSPS) is 15.8. The van der Waals surface area contributed by atoms with E-state index in [9.17, 15) is 4.79 Å². The van der Waals surface area contributed by atoms with Crippen molar-refractivity contribution in [3.63, 3.8) is 0 Å². The van der Waals surface area contributed by atoms with Crippen LogP contribution in [-0.4, -0.2) is 32.3 Å². The number of hydrogen-bond donors (Lipinski definition) is 1. The summed E-state index contributed by atoms with van der Waals surface area (Å²) >= 11 is 3.03. The molecule has 0 saturated heterocycles. The monoisotopic (exact) mass is 386 g/mol. The molecule has 0 bridgehead atoms. The predicted molar refractivity (Wildman–Crippen MR) is 107 cm³/mol. The highest BCUT2D eigenvalue weighted by molar-refractivity contribution is 7.99. The van der Waals surface area contributed by atoms with Gasteiger partial charge in [0.05, 0.1) is 11.4 Å². The van der Waals surface area contributed by atoms with Crippen LogP contribution in [-0.2, 0) is 4.79 Å². The molecule has 0 aliphatic heterocycles. The first kappa shape index (κ1) is 17.5. The number of nitrogens with zero attached hydrogens (tertiary/aromatic N) is 3. The van der Waals surface area contributed by atoms with Gasteiger partial charge in [0.1, 0.15) is 0 Å². The SMILES string of the molecule is O=C(CSc1nnc2scc(-c3ccccc3)n12)NC1CCCCCC1. The highest BCUT2D eigenvalue weighted by atomic mass is 32.2. The van der Waals surface area contributed by atoms with Crippen LogP contribution in [0.4, 0.5) is 0 Å². The summed E-state index contributed by atoms with van der Waals surface area (Å²) in [6.45, 7) is 0. The molecule has 1 amide bonds. The Morgan fingerprint density at radius 2 is 1.92 bits per heavy atom. The summed E-state index contributed by atoms with van der Waals surface area (Å²) < 4.78 is 2.05. The Hall–Kier alpha value is -1.86. The third kappa shape index (κ3) is 3.94. The van der Waals surface area contributed by atoms with Crippen molar-refractivity contribution in [1.82, 2.24) is 19.9 Å². The van der Waals surface area contributed by atoms with Crippen LogP contribution in [0.5, 0.6) is 0 Å². The predicted octanol–water partition coefficient (Wildman–Crippen LogP) is 4.39. The Labute approximate surface area is 161 Å². The number of thioether (sulfide) groups is 1. The van der Waals surface area contributed by atoms with E-state index < -0.39 is 0 Å². The number of amides is 1. The zero-order chi connectivity index (χ0) is 17.8. The lowest BCUT2D eigenvalue weighted by atomic mass is 10.1. The van der Waals surface area contributed by atoms with Gasteiger partial charge in [-0.05, 0) is 18.4 Å². The second-order valence-electron chi connectivity index (χ2n) is 6.63. The molecular formula is C19H22N4OS2. The summed E-state index contributed by atoms with van der Waals surface area (Å²) in [5, 5.41) is 14.6. The first-order chi connectivity index (χ1) is 12.8. The summed E-state index contributed by atoms with van der Waals surface area (Å²) in [4.78, 5) is 13.2. The lowest BCUT2D eigenvalue weighted by Gasteiger charge is -2.15. The van der Waals surface area contributed by atoms with Crippen molar-refractivity contribution in [2.75, 3.05) is 5.75 Å². The fourth-order valence-corrected chi connectivity index (χ4v) is 5.07. The van der Waals surface area contributed by atoms with Crippen LogP contribution in [0.25, 0.3) is 16.2 Å². The van der Waals surface area contributed by atoms with Crippen LogP contribution in [0.2, 0.25) is 0 Å². The molecule has 4 rings (SSSR count). The third-order valence-electron chi connectivity index (χ3n) is 4.74. The number of fused-ring (bicyclic) bond motifs is 1. The number of rotatable bonds is 5. The largest absolute Gasteiger partial charge is 0.353 e. The number of carbonyl (C=O) groups excluding carboxylic acids is 1. The maximum atomic E-state index is 12.4. The maximum Gasteiger partial charge on any atom is 0.230 e. The number of thiazole rings is 1. The standard InChI is InChI=1S/C19H22N4OS2/c24-17(20-15-10-6-1-2-7-11-15)13-26-19-22-21-18-23(19)16(12-25-18)14-8-4-3-5-9-14/h3-5,8-9,12,15H,1-2,6-7,10-11,13H2,(H,20,24). The summed E-state index contributed by atoms with van der Waals surface area (Å²) in [5.74, 6) is 0.469. The lowest BCUT2D eigenvalue weighted by molar-refractivity contribution is -0.119. The first-order valence-electron chi connectivity index (χ1n) is 9.11. The van der Waals surface area contributed by atoms with E-state index in [0.29, 0.717) is 11.8 Å². The Balaban J connectivity index is 1.44. The Bertz CT molecular complexity index is 866. The van der Waals surface area contributed by atoms with Crippen LogP contribution < -0.4 is 5.32 Å². The van der Waals surface area contributed by atoms with E-state index in [1.54, 1.807) is 11.3 Å². The van der Waals surface area contributed by atoms with Crippen molar-refractivity contribution in [3.8, 4) is 11.3 Å². The summed E-state index contributed by atoms with van der Waals surface area (Å²) in [6.07, 6.45) is 7.23. The van der Waals surface area contributed by atoms with Crippen molar-refractivity contribution in [2.24, 2.45) is 0 Å². The molecule has 1 saturated carbocycles. The zero-order valence-electron chi connectivity index (χ0n) is 14.6. The summed E-state index contributed by atoms with van der Waals surface area (Å²) in [5.41, 5.74) is 2.20. The fraction of sp³-hybridized carbons (Fsp3) is 0.421. The van der Waals surface area contributed by atoms with Crippen LogP contribution in [0.1, 0.15) is 38.5 Å². The molecule has 1 aliphatic carbocycles. The smallest absolute Gasteiger partial charge is 0.230 e. The number of aromatic nitrogens is 3. The molecule has 26 heavy (non-hydrogen) atoms. The number of nitrogens with one attached hydrogen (secondary N) is 1. The van der Waals surface area contributed by atoms with Gasteiger partial charge in [-0.25, -0.2) is 0 Å². The van der Waals surface area contributed by atoms with E-state index >= 15 is 0 Å². The molecule has 7 heteroatoms. The van der Waals surface area contributed by atoms with E-state index in [2.05, 4.69) is 33.0 Å². The molecule has 1 N–H and O–H groups in total. The average Bonchev–Trinajstić information content (AvgIpc) is 3.16. The molecule has 0 radical (unpaired) electrons. The zero-order valence-corrected chi connectivity index (χ0v) is 16.2. The van der Waals surface area contributed by atoms with Gasteiger partial charge in [-0.3, -0.25) is 9.20 Å². The van der Waals surface area contributed by atoms with Gasteiger partial charge < -0.3 is 5.32 Å². The maximum absolute atomic E-state index is 12.4. The quantitative estimate of drug-likeness (QED) is 0.522. The van der Waals surface area contributed by atoms with Gasteiger partial charge in [0.25, 0.3) is 0 Å². The van der Waals surface area contributed by atoms with Gasteiger partial charge in [-0.1, -0.05) is 67.8 Å². The number of carbonyl (C=O) groups is 1. The van der Waals surface area contributed by atoms with E-state index in [1.807, 2.05) is 22.6 Å². The van der Waals surface area contributed by atoms with Gasteiger partial charge in [0.15, 0.2) is 5.16 Å².